The minimum Gasteiger partial charge on any atom is -0.494 e. The second kappa shape index (κ2) is 7.52. The fourth-order valence-electron chi connectivity index (χ4n) is 2.35. The highest BCUT2D eigenvalue weighted by molar-refractivity contribution is 6.00. The SMILES string of the molecule is CCOc1ccc2cc(C(=O)NNC(=O)c3ccccc3)c(=O)oc2c1. The fourth-order valence-corrected chi connectivity index (χ4v) is 2.35. The van der Waals surface area contributed by atoms with Gasteiger partial charge in [0.05, 0.1) is 6.61 Å². The molecule has 0 saturated carbocycles. The molecule has 0 radical (unpaired) electrons. The molecule has 0 fully saturated rings. The Labute approximate surface area is 148 Å². The average Bonchev–Trinajstić information content (AvgIpc) is 2.66. The number of carbonyl (C=O) groups excluding carboxylic acids is 2. The van der Waals surface area contributed by atoms with E-state index in [0.717, 1.165) is 0 Å². The van der Waals surface area contributed by atoms with E-state index in [4.69, 9.17) is 9.15 Å². The van der Waals surface area contributed by atoms with Gasteiger partial charge in [-0.1, -0.05) is 18.2 Å². The molecule has 132 valence electrons. The summed E-state index contributed by atoms with van der Waals surface area (Å²) >= 11 is 0. The molecule has 0 aliphatic heterocycles. The van der Waals surface area contributed by atoms with Crippen LogP contribution in [0.25, 0.3) is 11.0 Å². The van der Waals surface area contributed by atoms with Gasteiger partial charge in [-0.2, -0.15) is 0 Å². The molecule has 2 aromatic carbocycles. The van der Waals surface area contributed by atoms with E-state index in [1.165, 1.54) is 6.07 Å². The monoisotopic (exact) mass is 352 g/mol. The second-order valence-electron chi connectivity index (χ2n) is 5.35. The van der Waals surface area contributed by atoms with Gasteiger partial charge in [0, 0.05) is 17.0 Å². The van der Waals surface area contributed by atoms with E-state index in [9.17, 15) is 14.4 Å². The number of hydrogen-bond donors (Lipinski definition) is 2. The standard InChI is InChI=1S/C19H16N2O5/c1-2-25-14-9-8-13-10-15(19(24)26-16(13)11-14)18(23)21-20-17(22)12-6-4-3-5-7-12/h3-11H,2H2,1H3,(H,20,22)(H,21,23). The van der Waals surface area contributed by atoms with E-state index in [-0.39, 0.29) is 5.56 Å². The van der Waals surface area contributed by atoms with Gasteiger partial charge in [0.2, 0.25) is 0 Å². The van der Waals surface area contributed by atoms with Crippen LogP contribution in [0.15, 0.2) is 63.8 Å². The van der Waals surface area contributed by atoms with Crippen LogP contribution in [-0.4, -0.2) is 18.4 Å². The quantitative estimate of drug-likeness (QED) is 0.554. The Hall–Kier alpha value is -3.61. The van der Waals surface area contributed by atoms with Crippen molar-refractivity contribution in [2.75, 3.05) is 6.61 Å². The number of fused-ring (bicyclic) bond motifs is 1. The van der Waals surface area contributed by atoms with Gasteiger partial charge in [-0.15, -0.1) is 0 Å². The number of hydrazine groups is 1. The molecule has 3 aromatic rings. The first-order valence-corrected chi connectivity index (χ1v) is 7.95. The van der Waals surface area contributed by atoms with Gasteiger partial charge in [-0.25, -0.2) is 4.79 Å². The average molecular weight is 352 g/mol. The van der Waals surface area contributed by atoms with Crippen molar-refractivity contribution >= 4 is 22.8 Å². The molecule has 3 rings (SSSR count). The van der Waals surface area contributed by atoms with Gasteiger partial charge in [-0.3, -0.25) is 20.4 Å². The van der Waals surface area contributed by atoms with Crippen molar-refractivity contribution in [3.63, 3.8) is 0 Å². The number of amides is 2. The van der Waals surface area contributed by atoms with E-state index in [0.29, 0.717) is 28.9 Å². The van der Waals surface area contributed by atoms with Crippen LogP contribution in [-0.2, 0) is 0 Å². The number of benzene rings is 2. The third kappa shape index (κ3) is 3.72. The zero-order valence-electron chi connectivity index (χ0n) is 13.9. The summed E-state index contributed by atoms with van der Waals surface area (Å²) < 4.78 is 10.5. The third-order valence-electron chi connectivity index (χ3n) is 3.59. The van der Waals surface area contributed by atoms with Crippen molar-refractivity contribution in [3.05, 3.63) is 76.1 Å². The molecular weight excluding hydrogens is 336 g/mol. The van der Waals surface area contributed by atoms with Crippen molar-refractivity contribution in [1.82, 2.24) is 10.9 Å². The van der Waals surface area contributed by atoms with Gasteiger partial charge >= 0.3 is 5.63 Å². The van der Waals surface area contributed by atoms with E-state index in [2.05, 4.69) is 10.9 Å². The number of carbonyl (C=O) groups is 2. The van der Waals surface area contributed by atoms with Crippen LogP contribution < -0.4 is 21.2 Å². The predicted octanol–water partition coefficient (Wildman–Crippen LogP) is 2.27. The van der Waals surface area contributed by atoms with E-state index in [1.54, 1.807) is 48.5 Å². The molecule has 1 aromatic heterocycles. The number of hydrogen-bond acceptors (Lipinski definition) is 5. The van der Waals surface area contributed by atoms with E-state index in [1.807, 2.05) is 6.92 Å². The Bertz CT molecular complexity index is 1010. The smallest absolute Gasteiger partial charge is 0.349 e. The first-order valence-electron chi connectivity index (χ1n) is 7.95. The Morgan fingerprint density at radius 2 is 1.73 bits per heavy atom. The Morgan fingerprint density at radius 1 is 1.00 bits per heavy atom. The summed E-state index contributed by atoms with van der Waals surface area (Å²) in [5.74, 6) is -0.695. The summed E-state index contributed by atoms with van der Waals surface area (Å²) in [6, 6.07) is 14.7. The Balaban J connectivity index is 1.77. The highest BCUT2D eigenvalue weighted by Crippen LogP contribution is 2.20. The molecule has 0 saturated heterocycles. The minimum atomic E-state index is -0.808. The molecule has 0 bridgehead atoms. The highest BCUT2D eigenvalue weighted by atomic mass is 16.5. The molecule has 2 N–H and O–H groups in total. The molecular formula is C19H16N2O5. The van der Waals surface area contributed by atoms with Crippen LogP contribution in [0.3, 0.4) is 0 Å². The highest BCUT2D eigenvalue weighted by Gasteiger charge is 2.15. The Kier molecular flexibility index (Phi) is 4.98. The van der Waals surface area contributed by atoms with Crippen molar-refractivity contribution in [2.24, 2.45) is 0 Å². The van der Waals surface area contributed by atoms with E-state index < -0.39 is 17.4 Å². The lowest BCUT2D eigenvalue weighted by atomic mass is 10.1. The van der Waals surface area contributed by atoms with Crippen molar-refractivity contribution in [1.29, 1.82) is 0 Å². The zero-order valence-corrected chi connectivity index (χ0v) is 13.9. The molecule has 7 heteroatoms. The molecule has 1 heterocycles. The van der Waals surface area contributed by atoms with Crippen LogP contribution in [0.5, 0.6) is 5.75 Å². The molecule has 26 heavy (non-hydrogen) atoms. The normalized spacial score (nSPS) is 10.3. The maximum Gasteiger partial charge on any atom is 0.349 e. The molecule has 0 unspecified atom stereocenters. The third-order valence-corrected chi connectivity index (χ3v) is 3.59. The topological polar surface area (TPSA) is 97.6 Å². The van der Waals surface area contributed by atoms with Crippen LogP contribution in [0, 0.1) is 0 Å². The van der Waals surface area contributed by atoms with Crippen LogP contribution >= 0.6 is 0 Å². The van der Waals surface area contributed by atoms with Crippen LogP contribution in [0.2, 0.25) is 0 Å². The molecule has 7 nitrogen and oxygen atoms in total. The van der Waals surface area contributed by atoms with E-state index >= 15 is 0 Å². The molecule has 0 aliphatic carbocycles. The number of ether oxygens (including phenoxy) is 1. The fraction of sp³-hybridized carbons (Fsp3) is 0.105. The largest absolute Gasteiger partial charge is 0.494 e. The van der Waals surface area contributed by atoms with Crippen LogP contribution in [0.4, 0.5) is 0 Å². The zero-order chi connectivity index (χ0) is 18.5. The summed E-state index contributed by atoms with van der Waals surface area (Å²) in [5.41, 5.74) is 4.14. The van der Waals surface area contributed by atoms with Gasteiger partial charge in [-0.05, 0) is 37.3 Å². The molecule has 0 aliphatic rings. The second-order valence-corrected chi connectivity index (χ2v) is 5.35. The minimum absolute atomic E-state index is 0.213. The number of nitrogens with one attached hydrogen (secondary N) is 2. The van der Waals surface area contributed by atoms with Crippen molar-refractivity contribution < 1.29 is 18.7 Å². The molecule has 0 atom stereocenters. The summed E-state index contributed by atoms with van der Waals surface area (Å²) in [6.45, 7) is 2.33. The molecule has 0 spiro atoms. The maximum atomic E-state index is 12.2. The van der Waals surface area contributed by atoms with Gasteiger partial charge in [0.1, 0.15) is 16.9 Å². The summed E-state index contributed by atoms with van der Waals surface area (Å²) in [7, 11) is 0. The lowest BCUT2D eigenvalue weighted by molar-refractivity contribution is 0.0844. The van der Waals surface area contributed by atoms with Gasteiger partial charge in [0.25, 0.3) is 11.8 Å². The lowest BCUT2D eigenvalue weighted by Crippen LogP contribution is -2.43. The van der Waals surface area contributed by atoms with Crippen molar-refractivity contribution in [2.45, 2.75) is 6.92 Å². The summed E-state index contributed by atoms with van der Waals surface area (Å²) in [5, 5.41) is 0.563. The first kappa shape index (κ1) is 17.2. The number of rotatable bonds is 4. The maximum absolute atomic E-state index is 12.2. The first-order chi connectivity index (χ1) is 12.6. The summed E-state index contributed by atoms with van der Waals surface area (Å²) in [6.07, 6.45) is 0. The van der Waals surface area contributed by atoms with Gasteiger partial charge in [0.15, 0.2) is 0 Å². The lowest BCUT2D eigenvalue weighted by Gasteiger charge is -2.08. The molecule has 2 amide bonds. The predicted molar refractivity (Wildman–Crippen MR) is 95.0 cm³/mol. The van der Waals surface area contributed by atoms with Crippen LogP contribution in [0.1, 0.15) is 27.6 Å². The Morgan fingerprint density at radius 3 is 2.46 bits per heavy atom. The van der Waals surface area contributed by atoms with Crippen molar-refractivity contribution in [3.8, 4) is 5.75 Å². The summed E-state index contributed by atoms with van der Waals surface area (Å²) in [4.78, 5) is 36.2. The van der Waals surface area contributed by atoms with Gasteiger partial charge < -0.3 is 9.15 Å².